The van der Waals surface area contributed by atoms with Gasteiger partial charge in [0.25, 0.3) is 5.56 Å². The molecule has 2 rings (SSSR count). The number of rotatable bonds is 5. The lowest BCUT2D eigenvalue weighted by Gasteiger charge is -2.24. The number of nitrogens with zero attached hydrogens (tertiary/aromatic N) is 2. The van der Waals surface area contributed by atoms with Crippen LogP contribution in [0.5, 0.6) is 0 Å². The van der Waals surface area contributed by atoms with Crippen molar-refractivity contribution in [3.8, 4) is 0 Å². The van der Waals surface area contributed by atoms with Crippen molar-refractivity contribution in [2.24, 2.45) is 0 Å². The van der Waals surface area contributed by atoms with Crippen molar-refractivity contribution in [1.82, 2.24) is 9.55 Å². The minimum absolute atomic E-state index is 0.170. The lowest BCUT2D eigenvalue weighted by molar-refractivity contribution is 0.0853. The van der Waals surface area contributed by atoms with E-state index in [0.29, 0.717) is 32.8 Å². The monoisotopic (exact) mass is 406 g/mol. The summed E-state index contributed by atoms with van der Waals surface area (Å²) in [5, 5.41) is 0.814. The molecule has 0 aliphatic rings. The Morgan fingerprint density at radius 3 is 2.68 bits per heavy atom. The van der Waals surface area contributed by atoms with Gasteiger partial charge in [0, 0.05) is 10.2 Å². The Bertz CT molecular complexity index is 756. The van der Waals surface area contributed by atoms with Crippen molar-refractivity contribution in [2.45, 2.75) is 13.7 Å². The highest BCUT2D eigenvalue weighted by molar-refractivity contribution is 9.10. The number of benzene rings is 1. The molecule has 0 unspecified atom stereocenters. The van der Waals surface area contributed by atoms with Gasteiger partial charge in [0.2, 0.25) is 0 Å². The molecule has 0 bridgehead atoms. The maximum Gasteiger partial charge on any atom is 0.264 e. The highest BCUT2D eigenvalue weighted by Gasteiger charge is 2.13. The molecule has 0 fully saturated rings. The first kappa shape index (κ1) is 17.8. The third-order valence-corrected chi connectivity index (χ3v) is 5.94. The quantitative estimate of drug-likeness (QED) is 0.708. The number of halogens is 2. The fraction of sp³-hybridized carbons (Fsp3) is 0.467. The van der Waals surface area contributed by atoms with Crippen LogP contribution < -0.4 is 5.56 Å². The van der Waals surface area contributed by atoms with Crippen LogP contribution in [0.2, 0.25) is 5.02 Å². The second kappa shape index (κ2) is 6.91. The Kier molecular flexibility index (Phi) is 5.59. The Labute approximate surface area is 145 Å². The third kappa shape index (κ3) is 4.04. The lowest BCUT2D eigenvalue weighted by Crippen LogP contribution is -2.26. The van der Waals surface area contributed by atoms with Gasteiger partial charge in [0.1, 0.15) is 12.6 Å². The average molecular weight is 408 g/mol. The standard InChI is InChI=1S/C15H20BrClN2O2S/c1-10-18-12-6-5-11(16)14(17)13(12)15(20)19(10)9-21-7-8-22(2,3)4/h5-6H,7-9H2,1-4H3. The van der Waals surface area contributed by atoms with Gasteiger partial charge in [-0.2, -0.15) is 0 Å². The number of aromatic nitrogens is 2. The number of hydrogen-bond donors (Lipinski definition) is 0. The average Bonchev–Trinajstić information content (AvgIpc) is 2.40. The van der Waals surface area contributed by atoms with E-state index in [-0.39, 0.29) is 12.3 Å². The van der Waals surface area contributed by atoms with Crippen LogP contribution in [0, 0.1) is 6.92 Å². The highest BCUT2D eigenvalue weighted by atomic mass is 79.9. The van der Waals surface area contributed by atoms with Crippen molar-refractivity contribution < 1.29 is 4.74 Å². The molecule has 0 saturated carbocycles. The smallest absolute Gasteiger partial charge is 0.264 e. The molecule has 0 aliphatic carbocycles. The first-order valence-electron chi connectivity index (χ1n) is 6.79. The summed E-state index contributed by atoms with van der Waals surface area (Å²) < 4.78 is 7.88. The van der Waals surface area contributed by atoms with Crippen molar-refractivity contribution in [3.05, 3.63) is 37.8 Å². The van der Waals surface area contributed by atoms with Crippen LogP contribution in [0.25, 0.3) is 10.9 Å². The number of ether oxygens (including phenoxy) is 1. The molecule has 4 nitrogen and oxygen atoms in total. The number of hydrogen-bond acceptors (Lipinski definition) is 3. The fourth-order valence-electron chi connectivity index (χ4n) is 1.97. The molecular weight excluding hydrogens is 388 g/mol. The van der Waals surface area contributed by atoms with Gasteiger partial charge in [-0.05, 0) is 53.8 Å². The Morgan fingerprint density at radius 2 is 2.05 bits per heavy atom. The Balaban J connectivity index is 2.31. The minimum atomic E-state index is -0.601. The van der Waals surface area contributed by atoms with Crippen molar-refractivity contribution >= 4 is 48.5 Å². The molecule has 7 heteroatoms. The molecule has 1 heterocycles. The maximum absolute atomic E-state index is 12.7. The third-order valence-electron chi connectivity index (χ3n) is 3.27. The summed E-state index contributed by atoms with van der Waals surface area (Å²) >= 11 is 9.58. The van der Waals surface area contributed by atoms with E-state index in [1.165, 1.54) is 4.57 Å². The molecule has 122 valence electrons. The van der Waals surface area contributed by atoms with Crippen LogP contribution in [0.1, 0.15) is 5.82 Å². The molecule has 0 amide bonds. The van der Waals surface area contributed by atoms with Crippen LogP contribution in [0.3, 0.4) is 0 Å². The second-order valence-corrected chi connectivity index (χ2v) is 11.8. The zero-order valence-corrected chi connectivity index (χ0v) is 16.3. The van der Waals surface area contributed by atoms with Crippen molar-refractivity contribution in [2.75, 3.05) is 31.1 Å². The van der Waals surface area contributed by atoms with Gasteiger partial charge in [0.05, 0.1) is 22.5 Å². The van der Waals surface area contributed by atoms with E-state index >= 15 is 0 Å². The van der Waals surface area contributed by atoms with Gasteiger partial charge in [0.15, 0.2) is 0 Å². The zero-order valence-electron chi connectivity index (χ0n) is 13.2. The van der Waals surface area contributed by atoms with Gasteiger partial charge in [-0.1, -0.05) is 11.6 Å². The Morgan fingerprint density at radius 1 is 1.36 bits per heavy atom. The predicted molar refractivity (Wildman–Crippen MR) is 99.6 cm³/mol. The van der Waals surface area contributed by atoms with Crippen LogP contribution in [-0.2, 0) is 11.5 Å². The van der Waals surface area contributed by atoms with E-state index in [9.17, 15) is 4.79 Å². The van der Waals surface area contributed by atoms with Crippen LogP contribution in [0.15, 0.2) is 21.4 Å². The van der Waals surface area contributed by atoms with E-state index in [4.69, 9.17) is 16.3 Å². The summed E-state index contributed by atoms with van der Waals surface area (Å²) in [6.07, 6.45) is 6.72. The second-order valence-electron chi connectivity index (χ2n) is 5.98. The summed E-state index contributed by atoms with van der Waals surface area (Å²) in [5.74, 6) is 1.63. The maximum atomic E-state index is 12.7. The molecule has 2 aromatic rings. The summed E-state index contributed by atoms with van der Waals surface area (Å²) in [6, 6.07) is 3.58. The first-order valence-corrected chi connectivity index (χ1v) is 11.0. The lowest BCUT2D eigenvalue weighted by atomic mass is 10.2. The molecule has 1 aromatic heterocycles. The van der Waals surface area contributed by atoms with Gasteiger partial charge in [-0.15, -0.1) is 0 Å². The first-order chi connectivity index (χ1) is 10.2. The van der Waals surface area contributed by atoms with Crippen LogP contribution in [-0.4, -0.2) is 40.7 Å². The number of aryl methyl sites for hydroxylation is 1. The van der Waals surface area contributed by atoms with E-state index < -0.39 is 10.0 Å². The fourth-order valence-corrected chi connectivity index (χ4v) is 3.16. The molecule has 0 N–H and O–H groups in total. The van der Waals surface area contributed by atoms with E-state index in [2.05, 4.69) is 39.7 Å². The SMILES string of the molecule is Cc1nc2ccc(Br)c(Cl)c2c(=O)n1COCCS(C)(C)C. The van der Waals surface area contributed by atoms with E-state index in [1.54, 1.807) is 19.1 Å². The molecular formula is C15H20BrClN2O2S. The molecule has 0 spiro atoms. The summed E-state index contributed by atoms with van der Waals surface area (Å²) in [7, 11) is -0.601. The van der Waals surface area contributed by atoms with Gasteiger partial charge >= 0.3 is 0 Å². The van der Waals surface area contributed by atoms with Crippen molar-refractivity contribution in [3.63, 3.8) is 0 Å². The summed E-state index contributed by atoms with van der Waals surface area (Å²) in [5.41, 5.74) is 0.433. The zero-order chi connectivity index (χ0) is 16.5. The van der Waals surface area contributed by atoms with E-state index in [0.717, 1.165) is 5.75 Å². The van der Waals surface area contributed by atoms with Gasteiger partial charge < -0.3 is 4.74 Å². The van der Waals surface area contributed by atoms with Crippen LogP contribution >= 0.6 is 37.6 Å². The normalized spacial score (nSPS) is 12.8. The van der Waals surface area contributed by atoms with E-state index in [1.807, 2.05) is 0 Å². The summed E-state index contributed by atoms with van der Waals surface area (Å²) in [4.78, 5) is 17.1. The Hall–Kier alpha value is -0.560. The molecule has 0 atom stereocenters. The molecule has 0 saturated heterocycles. The van der Waals surface area contributed by atoms with Gasteiger partial charge in [-0.3, -0.25) is 9.36 Å². The minimum Gasteiger partial charge on any atom is -0.360 e. The van der Waals surface area contributed by atoms with Gasteiger partial charge in [-0.25, -0.2) is 15.0 Å². The number of fused-ring (bicyclic) bond motifs is 1. The molecule has 1 aromatic carbocycles. The molecule has 0 aliphatic heterocycles. The van der Waals surface area contributed by atoms with Crippen molar-refractivity contribution in [1.29, 1.82) is 0 Å². The topological polar surface area (TPSA) is 44.1 Å². The molecule has 22 heavy (non-hydrogen) atoms. The molecule has 0 radical (unpaired) electrons. The largest absolute Gasteiger partial charge is 0.360 e. The highest BCUT2D eigenvalue weighted by Crippen LogP contribution is 2.33. The van der Waals surface area contributed by atoms with Crippen LogP contribution in [0.4, 0.5) is 0 Å². The summed E-state index contributed by atoms with van der Waals surface area (Å²) in [6.45, 7) is 2.64. The predicted octanol–water partition coefficient (Wildman–Crippen LogP) is 3.79.